The SMILES string of the molecule is COc1cc(C=Nn2cc(C)nc2N)ccc1OCc1ccc(Cl)nc1. The van der Waals surface area contributed by atoms with Gasteiger partial charge in [0.2, 0.25) is 5.95 Å². The highest BCUT2D eigenvalue weighted by atomic mass is 35.5. The Morgan fingerprint density at radius 3 is 2.77 bits per heavy atom. The van der Waals surface area contributed by atoms with E-state index in [-0.39, 0.29) is 0 Å². The lowest BCUT2D eigenvalue weighted by molar-refractivity contribution is 0.284. The monoisotopic (exact) mass is 371 g/mol. The molecule has 0 aliphatic rings. The molecule has 2 N–H and O–H groups in total. The number of anilines is 1. The minimum absolute atomic E-state index is 0.335. The van der Waals surface area contributed by atoms with E-state index in [1.807, 2.05) is 31.2 Å². The first-order valence-electron chi connectivity index (χ1n) is 7.82. The molecule has 2 aromatic heterocycles. The van der Waals surface area contributed by atoms with Gasteiger partial charge in [-0.25, -0.2) is 14.6 Å². The minimum atomic E-state index is 0.335. The summed E-state index contributed by atoms with van der Waals surface area (Å²) in [6.45, 7) is 2.21. The highest BCUT2D eigenvalue weighted by Gasteiger charge is 2.06. The predicted molar refractivity (Wildman–Crippen MR) is 101 cm³/mol. The summed E-state index contributed by atoms with van der Waals surface area (Å²) >= 11 is 5.78. The third-order valence-electron chi connectivity index (χ3n) is 3.54. The Morgan fingerprint density at radius 2 is 2.12 bits per heavy atom. The van der Waals surface area contributed by atoms with Crippen LogP contribution in [0.3, 0.4) is 0 Å². The lowest BCUT2D eigenvalue weighted by Crippen LogP contribution is -1.99. The Kier molecular flexibility index (Phi) is 5.38. The maximum atomic E-state index is 5.81. The van der Waals surface area contributed by atoms with Crippen LogP contribution >= 0.6 is 11.6 Å². The van der Waals surface area contributed by atoms with Gasteiger partial charge in [-0.3, -0.25) is 0 Å². The normalized spacial score (nSPS) is 11.0. The zero-order valence-corrected chi connectivity index (χ0v) is 15.1. The third-order valence-corrected chi connectivity index (χ3v) is 3.76. The van der Waals surface area contributed by atoms with Gasteiger partial charge in [0.15, 0.2) is 11.5 Å². The molecule has 7 nitrogen and oxygen atoms in total. The number of aromatic nitrogens is 3. The lowest BCUT2D eigenvalue weighted by Gasteiger charge is -2.11. The summed E-state index contributed by atoms with van der Waals surface area (Å²) in [5.41, 5.74) is 8.32. The van der Waals surface area contributed by atoms with E-state index in [1.54, 1.807) is 31.8 Å². The predicted octanol–water partition coefficient (Wildman–Crippen LogP) is 3.29. The van der Waals surface area contributed by atoms with Gasteiger partial charge in [0.1, 0.15) is 11.8 Å². The maximum absolute atomic E-state index is 5.81. The van der Waals surface area contributed by atoms with E-state index in [4.69, 9.17) is 26.8 Å². The maximum Gasteiger partial charge on any atom is 0.221 e. The summed E-state index contributed by atoms with van der Waals surface area (Å²) in [4.78, 5) is 8.13. The Morgan fingerprint density at radius 1 is 1.27 bits per heavy atom. The van der Waals surface area contributed by atoms with Crippen LogP contribution in [0.4, 0.5) is 5.95 Å². The molecule has 0 aliphatic carbocycles. The number of nitrogens with two attached hydrogens (primary N) is 1. The molecule has 8 heteroatoms. The van der Waals surface area contributed by atoms with Crippen LogP contribution in [0.5, 0.6) is 11.5 Å². The molecule has 3 rings (SSSR count). The summed E-state index contributed by atoms with van der Waals surface area (Å²) in [5, 5.41) is 4.74. The number of imidazole rings is 1. The number of methoxy groups -OCH3 is 1. The number of rotatable bonds is 6. The molecule has 0 atom stereocenters. The molecule has 0 amide bonds. The van der Waals surface area contributed by atoms with E-state index in [1.165, 1.54) is 4.68 Å². The molecular weight excluding hydrogens is 354 g/mol. The summed E-state index contributed by atoms with van der Waals surface area (Å²) in [5.74, 6) is 1.56. The number of hydrogen-bond acceptors (Lipinski definition) is 6. The lowest BCUT2D eigenvalue weighted by atomic mass is 10.2. The largest absolute Gasteiger partial charge is 0.493 e. The van der Waals surface area contributed by atoms with Crippen LogP contribution in [0, 0.1) is 6.92 Å². The number of halogens is 1. The third kappa shape index (κ3) is 4.31. The Balaban J connectivity index is 1.72. The van der Waals surface area contributed by atoms with Crippen molar-refractivity contribution in [3.8, 4) is 11.5 Å². The van der Waals surface area contributed by atoms with Gasteiger partial charge in [-0.1, -0.05) is 17.7 Å². The molecule has 2 heterocycles. The van der Waals surface area contributed by atoms with Crippen LogP contribution < -0.4 is 15.2 Å². The first kappa shape index (κ1) is 17.8. The van der Waals surface area contributed by atoms with Crippen LogP contribution in [0.1, 0.15) is 16.8 Å². The molecule has 3 aromatic rings. The second-order valence-electron chi connectivity index (χ2n) is 5.52. The van der Waals surface area contributed by atoms with Gasteiger partial charge in [-0.05, 0) is 36.8 Å². The molecule has 0 saturated heterocycles. The van der Waals surface area contributed by atoms with Crippen molar-refractivity contribution in [3.05, 3.63) is 64.7 Å². The summed E-state index contributed by atoms with van der Waals surface area (Å²) in [6.07, 6.45) is 5.10. The van der Waals surface area contributed by atoms with Crippen LogP contribution in [0.25, 0.3) is 0 Å². The molecule has 0 bridgehead atoms. The van der Waals surface area contributed by atoms with E-state index in [0.717, 1.165) is 16.8 Å². The molecule has 0 fully saturated rings. The van der Waals surface area contributed by atoms with Crippen molar-refractivity contribution in [1.82, 2.24) is 14.6 Å². The molecule has 0 aliphatic heterocycles. The van der Waals surface area contributed by atoms with Crippen molar-refractivity contribution in [2.75, 3.05) is 12.8 Å². The van der Waals surface area contributed by atoms with Crippen molar-refractivity contribution in [1.29, 1.82) is 0 Å². The van der Waals surface area contributed by atoms with Gasteiger partial charge in [-0.15, -0.1) is 0 Å². The van der Waals surface area contributed by atoms with Crippen molar-refractivity contribution >= 4 is 23.8 Å². The fraction of sp³-hybridized carbons (Fsp3) is 0.167. The van der Waals surface area contributed by atoms with Crippen molar-refractivity contribution in [3.63, 3.8) is 0 Å². The van der Waals surface area contributed by atoms with E-state index in [0.29, 0.717) is 29.2 Å². The number of ether oxygens (including phenoxy) is 2. The van der Waals surface area contributed by atoms with Gasteiger partial charge in [0.05, 0.1) is 25.2 Å². The second kappa shape index (κ2) is 7.88. The molecule has 0 radical (unpaired) electrons. The number of aryl methyl sites for hydroxylation is 1. The number of nitrogen functional groups attached to an aromatic ring is 1. The fourth-order valence-electron chi connectivity index (χ4n) is 2.26. The Bertz CT molecular complexity index is 922. The van der Waals surface area contributed by atoms with Crippen LogP contribution in [-0.2, 0) is 6.61 Å². The average Bonchev–Trinajstić information content (AvgIpc) is 2.97. The Hall–Kier alpha value is -3.06. The van der Waals surface area contributed by atoms with Gasteiger partial charge in [0, 0.05) is 11.8 Å². The topological polar surface area (TPSA) is 87.5 Å². The van der Waals surface area contributed by atoms with E-state index in [2.05, 4.69) is 15.1 Å². The van der Waals surface area contributed by atoms with Crippen molar-refractivity contribution < 1.29 is 9.47 Å². The summed E-state index contributed by atoms with van der Waals surface area (Å²) < 4.78 is 12.7. The van der Waals surface area contributed by atoms with Gasteiger partial charge < -0.3 is 15.2 Å². The average molecular weight is 372 g/mol. The number of benzene rings is 1. The zero-order valence-electron chi connectivity index (χ0n) is 14.4. The van der Waals surface area contributed by atoms with Gasteiger partial charge in [-0.2, -0.15) is 5.10 Å². The van der Waals surface area contributed by atoms with Crippen LogP contribution in [0.2, 0.25) is 5.15 Å². The first-order chi connectivity index (χ1) is 12.5. The Labute approximate surface area is 156 Å². The quantitative estimate of drug-likeness (QED) is 0.530. The fourth-order valence-corrected chi connectivity index (χ4v) is 2.37. The van der Waals surface area contributed by atoms with E-state index < -0.39 is 0 Å². The number of hydrogen-bond donors (Lipinski definition) is 1. The zero-order chi connectivity index (χ0) is 18.5. The summed E-state index contributed by atoms with van der Waals surface area (Å²) in [7, 11) is 1.59. The first-order valence-corrected chi connectivity index (χ1v) is 8.20. The second-order valence-corrected chi connectivity index (χ2v) is 5.91. The molecule has 1 aromatic carbocycles. The highest BCUT2D eigenvalue weighted by molar-refractivity contribution is 6.29. The van der Waals surface area contributed by atoms with Gasteiger partial charge in [0.25, 0.3) is 0 Å². The molecule has 0 spiro atoms. The highest BCUT2D eigenvalue weighted by Crippen LogP contribution is 2.28. The van der Waals surface area contributed by atoms with Crippen LogP contribution in [0.15, 0.2) is 47.8 Å². The van der Waals surface area contributed by atoms with Crippen molar-refractivity contribution in [2.45, 2.75) is 13.5 Å². The van der Waals surface area contributed by atoms with Crippen LogP contribution in [-0.4, -0.2) is 28.0 Å². The van der Waals surface area contributed by atoms with E-state index in [9.17, 15) is 0 Å². The molecule has 0 saturated carbocycles. The van der Waals surface area contributed by atoms with E-state index >= 15 is 0 Å². The number of pyridine rings is 1. The van der Waals surface area contributed by atoms with Gasteiger partial charge >= 0.3 is 0 Å². The minimum Gasteiger partial charge on any atom is -0.493 e. The molecular formula is C18H18ClN5O2. The molecule has 134 valence electrons. The number of nitrogens with zero attached hydrogens (tertiary/aromatic N) is 4. The summed E-state index contributed by atoms with van der Waals surface area (Å²) in [6, 6.07) is 9.12. The van der Waals surface area contributed by atoms with Crippen molar-refractivity contribution in [2.24, 2.45) is 5.10 Å². The standard InChI is InChI=1S/C18H18ClN5O2/c1-12-10-24(18(20)23-12)22-9-13-3-5-15(16(7-13)25-2)26-11-14-4-6-17(19)21-8-14/h3-10H,11H2,1-2H3,(H2,20,23). The molecule has 26 heavy (non-hydrogen) atoms. The molecule has 0 unspecified atom stereocenters. The smallest absolute Gasteiger partial charge is 0.221 e.